The molecule has 0 fully saturated rings. The molecular weight excluding hydrogens is 314 g/mol. The molecule has 5 nitrogen and oxygen atoms in total. The van der Waals surface area contributed by atoms with Gasteiger partial charge in [-0.3, -0.25) is 0 Å². The fraction of sp³-hybridized carbons (Fsp3) is 0.350. The van der Waals surface area contributed by atoms with Crippen molar-refractivity contribution in [1.82, 2.24) is 4.90 Å². The number of rotatable bonds is 4. The van der Waals surface area contributed by atoms with Gasteiger partial charge in [0.1, 0.15) is 12.0 Å². The molecule has 0 bridgehead atoms. The third kappa shape index (κ3) is 3.46. The first-order valence-corrected chi connectivity index (χ1v) is 8.53. The molecule has 0 saturated heterocycles. The summed E-state index contributed by atoms with van der Waals surface area (Å²) >= 11 is 0. The molecule has 5 heteroatoms. The minimum Gasteiger partial charge on any atom is -0.494 e. The van der Waals surface area contributed by atoms with Gasteiger partial charge >= 0.3 is 0 Å². The van der Waals surface area contributed by atoms with E-state index in [-0.39, 0.29) is 0 Å². The Hall–Kier alpha value is -2.53. The first kappa shape index (κ1) is 17.3. The minimum atomic E-state index is -0.646. The Bertz CT molecular complexity index is 790. The van der Waals surface area contributed by atoms with E-state index in [1.54, 1.807) is 11.9 Å². The minimum absolute atomic E-state index is 0.352. The summed E-state index contributed by atoms with van der Waals surface area (Å²) in [7, 11) is 1.75. The normalized spacial score (nSPS) is 23.3. The quantitative estimate of drug-likeness (QED) is 0.898. The summed E-state index contributed by atoms with van der Waals surface area (Å²) in [6, 6.07) is 16.3. The van der Waals surface area contributed by atoms with Gasteiger partial charge in [0.15, 0.2) is 5.96 Å². The lowest BCUT2D eigenvalue weighted by Gasteiger charge is -2.38. The van der Waals surface area contributed by atoms with Crippen LogP contribution in [0.5, 0.6) is 5.75 Å². The molecule has 1 aliphatic rings. The van der Waals surface area contributed by atoms with E-state index in [1.807, 2.05) is 44.2 Å². The van der Waals surface area contributed by atoms with Gasteiger partial charge in [-0.1, -0.05) is 30.3 Å². The first-order chi connectivity index (χ1) is 11.9. The molecule has 2 atom stereocenters. The lowest BCUT2D eigenvalue weighted by Crippen LogP contribution is -2.50. The van der Waals surface area contributed by atoms with Gasteiger partial charge in [0.25, 0.3) is 0 Å². The van der Waals surface area contributed by atoms with Crippen molar-refractivity contribution in [2.45, 2.75) is 32.0 Å². The fourth-order valence-corrected chi connectivity index (χ4v) is 3.17. The maximum Gasteiger partial charge on any atom is 0.193 e. The van der Waals surface area contributed by atoms with E-state index >= 15 is 0 Å². The van der Waals surface area contributed by atoms with Gasteiger partial charge in [-0.15, -0.1) is 0 Å². The van der Waals surface area contributed by atoms with Crippen molar-refractivity contribution in [2.24, 2.45) is 10.7 Å². The highest BCUT2D eigenvalue weighted by Crippen LogP contribution is 2.36. The number of nitrogens with zero attached hydrogens (tertiary/aromatic N) is 2. The summed E-state index contributed by atoms with van der Waals surface area (Å²) < 4.78 is 5.60. The van der Waals surface area contributed by atoms with Gasteiger partial charge < -0.3 is 20.5 Å². The second-order valence-electron chi connectivity index (χ2n) is 6.58. The molecule has 0 radical (unpaired) electrons. The Morgan fingerprint density at radius 3 is 2.60 bits per heavy atom. The van der Waals surface area contributed by atoms with Crippen molar-refractivity contribution >= 4 is 5.96 Å². The molecule has 0 spiro atoms. The molecule has 0 aliphatic carbocycles. The van der Waals surface area contributed by atoms with Crippen LogP contribution in [0.3, 0.4) is 0 Å². The lowest BCUT2D eigenvalue weighted by molar-refractivity contribution is 0.0292. The van der Waals surface area contributed by atoms with Crippen LogP contribution in [0.2, 0.25) is 0 Å². The number of benzene rings is 2. The topological polar surface area (TPSA) is 71.1 Å². The van der Waals surface area contributed by atoms with Crippen LogP contribution < -0.4 is 10.5 Å². The van der Waals surface area contributed by atoms with Crippen LogP contribution in [-0.4, -0.2) is 35.8 Å². The van der Waals surface area contributed by atoms with Crippen LogP contribution in [0.4, 0.5) is 0 Å². The number of guanidine groups is 1. The molecule has 132 valence electrons. The van der Waals surface area contributed by atoms with Crippen LogP contribution in [0.1, 0.15) is 25.8 Å². The van der Waals surface area contributed by atoms with Crippen molar-refractivity contribution < 1.29 is 9.84 Å². The molecule has 3 N–H and O–H groups in total. The van der Waals surface area contributed by atoms with Crippen molar-refractivity contribution in [3.63, 3.8) is 0 Å². The van der Waals surface area contributed by atoms with E-state index in [4.69, 9.17) is 10.5 Å². The van der Waals surface area contributed by atoms with Crippen molar-refractivity contribution in [3.05, 3.63) is 54.1 Å². The highest BCUT2D eigenvalue weighted by molar-refractivity contribution is 5.79. The number of ether oxygens (including phenoxy) is 1. The van der Waals surface area contributed by atoms with Gasteiger partial charge in [-0.25, -0.2) is 4.99 Å². The standard InChI is InChI=1S/C20H25N3O2/c1-4-25-17-10-6-8-15(12-17)14-7-5-9-16(11-14)20(2)13-18(24)23(3)19(21)22-20/h5-12,18,24H,4,13H2,1-3H3,(H2,21,22). The number of aliphatic imine (C=N–C) groups is 1. The number of hydrogen-bond donors (Lipinski definition) is 2. The molecule has 25 heavy (non-hydrogen) atoms. The van der Waals surface area contributed by atoms with Gasteiger partial charge in [-0.05, 0) is 48.7 Å². The Morgan fingerprint density at radius 2 is 1.92 bits per heavy atom. The van der Waals surface area contributed by atoms with Crippen LogP contribution in [0.15, 0.2) is 53.5 Å². The average Bonchev–Trinajstić information content (AvgIpc) is 2.60. The summed E-state index contributed by atoms with van der Waals surface area (Å²) in [5.41, 5.74) is 8.63. The van der Waals surface area contributed by atoms with Crippen LogP contribution in [0.25, 0.3) is 11.1 Å². The maximum absolute atomic E-state index is 10.3. The third-order valence-corrected chi connectivity index (χ3v) is 4.71. The zero-order chi connectivity index (χ0) is 18.0. The van der Waals surface area contributed by atoms with Crippen molar-refractivity contribution in [1.29, 1.82) is 0 Å². The molecule has 1 heterocycles. The van der Waals surface area contributed by atoms with Gasteiger partial charge in [0.2, 0.25) is 0 Å². The van der Waals surface area contributed by atoms with Gasteiger partial charge in [0, 0.05) is 13.5 Å². The van der Waals surface area contributed by atoms with Crippen LogP contribution in [-0.2, 0) is 5.54 Å². The molecule has 3 rings (SSSR count). The number of aliphatic hydroxyl groups is 1. The molecule has 2 aromatic carbocycles. The van der Waals surface area contributed by atoms with E-state index in [0.717, 1.165) is 22.4 Å². The summed E-state index contributed by atoms with van der Waals surface area (Å²) in [4.78, 5) is 6.23. The smallest absolute Gasteiger partial charge is 0.193 e. The Balaban J connectivity index is 1.98. The van der Waals surface area contributed by atoms with E-state index in [1.165, 1.54) is 0 Å². The monoisotopic (exact) mass is 339 g/mol. The molecule has 0 saturated carbocycles. The molecule has 2 aromatic rings. The molecule has 0 amide bonds. The Labute approximate surface area is 148 Å². The zero-order valence-electron chi connectivity index (χ0n) is 14.9. The Morgan fingerprint density at radius 1 is 1.24 bits per heavy atom. The van der Waals surface area contributed by atoms with E-state index < -0.39 is 11.8 Å². The summed E-state index contributed by atoms with van der Waals surface area (Å²) in [5.74, 6) is 1.21. The van der Waals surface area contributed by atoms with Crippen molar-refractivity contribution in [2.75, 3.05) is 13.7 Å². The zero-order valence-corrected chi connectivity index (χ0v) is 14.9. The first-order valence-electron chi connectivity index (χ1n) is 8.53. The second kappa shape index (κ2) is 6.76. The molecule has 1 aliphatic heterocycles. The molecule has 0 aromatic heterocycles. The highest BCUT2D eigenvalue weighted by atomic mass is 16.5. The maximum atomic E-state index is 10.3. The number of aliphatic hydroxyl groups excluding tert-OH is 1. The summed E-state index contributed by atoms with van der Waals surface area (Å²) in [6.45, 7) is 4.62. The fourth-order valence-electron chi connectivity index (χ4n) is 3.17. The highest BCUT2D eigenvalue weighted by Gasteiger charge is 2.36. The third-order valence-electron chi connectivity index (χ3n) is 4.71. The largest absolute Gasteiger partial charge is 0.494 e. The van der Waals surface area contributed by atoms with Gasteiger partial charge in [0.05, 0.1) is 12.1 Å². The summed E-state index contributed by atoms with van der Waals surface area (Å²) in [5, 5.41) is 10.3. The molecule has 2 unspecified atom stereocenters. The lowest BCUT2D eigenvalue weighted by atomic mass is 9.85. The number of hydrogen-bond acceptors (Lipinski definition) is 5. The van der Waals surface area contributed by atoms with Crippen LogP contribution >= 0.6 is 0 Å². The van der Waals surface area contributed by atoms with E-state index in [9.17, 15) is 5.11 Å². The van der Waals surface area contributed by atoms with Crippen molar-refractivity contribution in [3.8, 4) is 16.9 Å². The van der Waals surface area contributed by atoms with E-state index in [2.05, 4.69) is 23.2 Å². The second-order valence-corrected chi connectivity index (χ2v) is 6.58. The molecular formula is C20H25N3O2. The SMILES string of the molecule is CCOc1cccc(-c2cccc(C3(C)CC(O)N(C)C(N)=N3)c2)c1. The Kier molecular flexibility index (Phi) is 4.68. The predicted molar refractivity (Wildman–Crippen MR) is 100 cm³/mol. The predicted octanol–water partition coefficient (Wildman–Crippen LogP) is 2.94. The van der Waals surface area contributed by atoms with E-state index in [0.29, 0.717) is 19.0 Å². The van der Waals surface area contributed by atoms with Crippen LogP contribution in [0, 0.1) is 0 Å². The average molecular weight is 339 g/mol. The summed E-state index contributed by atoms with van der Waals surface area (Å²) in [6.07, 6.45) is -0.153. The van der Waals surface area contributed by atoms with Gasteiger partial charge in [-0.2, -0.15) is 0 Å². The number of nitrogens with two attached hydrogens (primary N) is 1.